The van der Waals surface area contributed by atoms with Crippen LogP contribution in [-0.4, -0.2) is 22.4 Å². The zero-order valence-corrected chi connectivity index (χ0v) is 15.8. The van der Waals surface area contributed by atoms with E-state index < -0.39 is 0 Å². The van der Waals surface area contributed by atoms with Gasteiger partial charge in [0.1, 0.15) is 17.3 Å². The number of nitrogens with one attached hydrogen (secondary N) is 2. The van der Waals surface area contributed by atoms with Gasteiger partial charge in [-0.3, -0.25) is 4.79 Å². The maximum absolute atomic E-state index is 12.4. The Labute approximate surface area is 163 Å². The molecule has 1 amide bonds. The molecule has 5 nitrogen and oxygen atoms in total. The molecule has 0 aliphatic rings. The highest BCUT2D eigenvalue weighted by atomic mass is 35.5. The van der Waals surface area contributed by atoms with Crippen LogP contribution in [0.3, 0.4) is 0 Å². The molecule has 0 spiro atoms. The van der Waals surface area contributed by atoms with Gasteiger partial charge in [-0.15, -0.1) is 0 Å². The number of anilines is 1. The largest absolute Gasteiger partial charge is 0.366 e. The fourth-order valence-corrected chi connectivity index (χ4v) is 2.75. The number of benzene rings is 2. The van der Waals surface area contributed by atoms with Crippen LogP contribution >= 0.6 is 11.6 Å². The number of rotatable bonds is 7. The van der Waals surface area contributed by atoms with Gasteiger partial charge in [-0.2, -0.15) is 0 Å². The maximum atomic E-state index is 12.4. The van der Waals surface area contributed by atoms with Crippen molar-refractivity contribution >= 4 is 23.3 Å². The Morgan fingerprint density at radius 1 is 1.00 bits per heavy atom. The number of nitrogens with zero attached hydrogens (tertiary/aromatic N) is 2. The lowest BCUT2D eigenvalue weighted by Crippen LogP contribution is -2.27. The first-order valence-electron chi connectivity index (χ1n) is 8.76. The van der Waals surface area contributed by atoms with E-state index in [1.807, 2.05) is 54.6 Å². The molecule has 1 heterocycles. The van der Waals surface area contributed by atoms with E-state index in [0.29, 0.717) is 35.4 Å². The third kappa shape index (κ3) is 5.79. The molecule has 138 valence electrons. The standard InChI is InChI=1S/C21H21ClN4O/c1-15-25-19(21(27)23-12-11-16-5-3-2-4-6-16)13-20(26-15)24-14-17-7-9-18(22)10-8-17/h2-10,13H,11-12,14H2,1H3,(H,23,27)(H,24,25,26). The molecular weight excluding hydrogens is 360 g/mol. The minimum atomic E-state index is -0.203. The molecule has 0 saturated carbocycles. The monoisotopic (exact) mass is 380 g/mol. The van der Waals surface area contributed by atoms with Gasteiger partial charge < -0.3 is 10.6 Å². The van der Waals surface area contributed by atoms with Crippen LogP contribution in [0.5, 0.6) is 0 Å². The highest BCUT2D eigenvalue weighted by Crippen LogP contribution is 2.12. The predicted molar refractivity (Wildman–Crippen MR) is 108 cm³/mol. The lowest BCUT2D eigenvalue weighted by atomic mass is 10.1. The number of aryl methyl sites for hydroxylation is 1. The summed E-state index contributed by atoms with van der Waals surface area (Å²) in [4.78, 5) is 21.0. The number of hydrogen-bond donors (Lipinski definition) is 2. The van der Waals surface area contributed by atoms with Crippen LogP contribution in [0.1, 0.15) is 27.4 Å². The summed E-state index contributed by atoms with van der Waals surface area (Å²) in [5.41, 5.74) is 2.61. The van der Waals surface area contributed by atoms with Gasteiger partial charge in [0.25, 0.3) is 5.91 Å². The van der Waals surface area contributed by atoms with Crippen molar-refractivity contribution in [3.63, 3.8) is 0 Å². The van der Waals surface area contributed by atoms with E-state index in [9.17, 15) is 4.79 Å². The van der Waals surface area contributed by atoms with Crippen molar-refractivity contribution in [3.8, 4) is 0 Å². The summed E-state index contributed by atoms with van der Waals surface area (Å²) in [5, 5.41) is 6.83. The van der Waals surface area contributed by atoms with Gasteiger partial charge in [0.05, 0.1) is 0 Å². The summed E-state index contributed by atoms with van der Waals surface area (Å²) < 4.78 is 0. The molecule has 2 N–H and O–H groups in total. The fraction of sp³-hybridized carbons (Fsp3) is 0.190. The Hall–Kier alpha value is -2.92. The minimum Gasteiger partial charge on any atom is -0.366 e. The SMILES string of the molecule is Cc1nc(NCc2ccc(Cl)cc2)cc(C(=O)NCCc2ccccc2)n1. The Morgan fingerprint density at radius 2 is 1.74 bits per heavy atom. The zero-order chi connectivity index (χ0) is 19.1. The van der Waals surface area contributed by atoms with Crippen LogP contribution in [0.15, 0.2) is 60.7 Å². The summed E-state index contributed by atoms with van der Waals surface area (Å²) in [6.07, 6.45) is 0.776. The molecule has 0 fully saturated rings. The second-order valence-electron chi connectivity index (χ2n) is 6.16. The Kier molecular flexibility index (Phi) is 6.39. The van der Waals surface area contributed by atoms with Gasteiger partial charge in [0.15, 0.2) is 0 Å². The number of hydrogen-bond acceptors (Lipinski definition) is 4. The van der Waals surface area contributed by atoms with Crippen molar-refractivity contribution in [2.75, 3.05) is 11.9 Å². The van der Waals surface area contributed by atoms with E-state index in [2.05, 4.69) is 20.6 Å². The fourth-order valence-electron chi connectivity index (χ4n) is 2.63. The van der Waals surface area contributed by atoms with Crippen LogP contribution < -0.4 is 10.6 Å². The smallest absolute Gasteiger partial charge is 0.270 e. The van der Waals surface area contributed by atoms with Crippen molar-refractivity contribution in [3.05, 3.63) is 88.3 Å². The van der Waals surface area contributed by atoms with Gasteiger partial charge in [0, 0.05) is 24.2 Å². The molecule has 0 bridgehead atoms. The van der Waals surface area contributed by atoms with Crippen molar-refractivity contribution in [2.24, 2.45) is 0 Å². The quantitative estimate of drug-likeness (QED) is 0.649. The topological polar surface area (TPSA) is 66.9 Å². The van der Waals surface area contributed by atoms with E-state index in [0.717, 1.165) is 12.0 Å². The first kappa shape index (κ1) is 18.9. The molecule has 27 heavy (non-hydrogen) atoms. The highest BCUT2D eigenvalue weighted by molar-refractivity contribution is 6.30. The molecule has 1 aromatic heterocycles. The van der Waals surface area contributed by atoms with Crippen LogP contribution in [0, 0.1) is 6.92 Å². The number of halogens is 1. The molecule has 2 aromatic carbocycles. The highest BCUT2D eigenvalue weighted by Gasteiger charge is 2.10. The van der Waals surface area contributed by atoms with E-state index in [4.69, 9.17) is 11.6 Å². The van der Waals surface area contributed by atoms with E-state index >= 15 is 0 Å². The van der Waals surface area contributed by atoms with Crippen LogP contribution in [0.25, 0.3) is 0 Å². The molecule has 3 aromatic rings. The van der Waals surface area contributed by atoms with Gasteiger partial charge >= 0.3 is 0 Å². The molecular formula is C21H21ClN4O. The first-order valence-corrected chi connectivity index (χ1v) is 9.14. The second kappa shape index (κ2) is 9.14. The van der Waals surface area contributed by atoms with E-state index in [-0.39, 0.29) is 5.91 Å². The number of carbonyl (C=O) groups is 1. The Bertz CT molecular complexity index is 898. The van der Waals surface area contributed by atoms with Crippen LogP contribution in [0.2, 0.25) is 5.02 Å². The maximum Gasteiger partial charge on any atom is 0.270 e. The predicted octanol–water partition coefficient (Wildman–Crippen LogP) is 4.02. The average Bonchev–Trinajstić information content (AvgIpc) is 2.68. The lowest BCUT2D eigenvalue weighted by Gasteiger charge is -2.09. The number of aromatic nitrogens is 2. The Balaban J connectivity index is 1.58. The summed E-state index contributed by atoms with van der Waals surface area (Å²) in [6, 6.07) is 19.3. The second-order valence-corrected chi connectivity index (χ2v) is 6.59. The number of carbonyl (C=O) groups excluding carboxylic acids is 1. The molecule has 0 unspecified atom stereocenters. The third-order valence-electron chi connectivity index (χ3n) is 4.00. The summed E-state index contributed by atoms with van der Waals surface area (Å²) in [6.45, 7) is 2.91. The van der Waals surface area contributed by atoms with E-state index in [1.165, 1.54) is 5.56 Å². The van der Waals surface area contributed by atoms with Crippen LogP contribution in [0.4, 0.5) is 5.82 Å². The zero-order valence-electron chi connectivity index (χ0n) is 15.1. The molecule has 6 heteroatoms. The van der Waals surface area contributed by atoms with E-state index in [1.54, 1.807) is 13.0 Å². The average molecular weight is 381 g/mol. The van der Waals surface area contributed by atoms with Gasteiger partial charge in [0.2, 0.25) is 0 Å². The molecule has 0 aliphatic heterocycles. The Morgan fingerprint density at radius 3 is 2.48 bits per heavy atom. The van der Waals surface area contributed by atoms with Gasteiger partial charge in [-0.25, -0.2) is 9.97 Å². The lowest BCUT2D eigenvalue weighted by molar-refractivity contribution is 0.0949. The molecule has 0 aliphatic carbocycles. The van der Waals surface area contributed by atoms with Crippen molar-refractivity contribution < 1.29 is 4.79 Å². The minimum absolute atomic E-state index is 0.203. The summed E-state index contributed by atoms with van der Waals surface area (Å²) >= 11 is 5.90. The van der Waals surface area contributed by atoms with Crippen molar-refractivity contribution in [1.82, 2.24) is 15.3 Å². The summed E-state index contributed by atoms with van der Waals surface area (Å²) in [7, 11) is 0. The first-order chi connectivity index (χ1) is 13.1. The molecule has 0 atom stereocenters. The third-order valence-corrected chi connectivity index (χ3v) is 4.25. The number of amides is 1. The molecule has 0 saturated heterocycles. The normalized spacial score (nSPS) is 10.4. The van der Waals surface area contributed by atoms with Crippen molar-refractivity contribution in [1.29, 1.82) is 0 Å². The van der Waals surface area contributed by atoms with Crippen molar-refractivity contribution in [2.45, 2.75) is 19.9 Å². The molecule has 0 radical (unpaired) electrons. The molecule has 3 rings (SSSR count). The summed E-state index contributed by atoms with van der Waals surface area (Å²) in [5.74, 6) is 0.959. The van der Waals surface area contributed by atoms with Gasteiger partial charge in [-0.05, 0) is 36.6 Å². The van der Waals surface area contributed by atoms with Gasteiger partial charge in [-0.1, -0.05) is 54.1 Å². The van der Waals surface area contributed by atoms with Crippen LogP contribution in [-0.2, 0) is 13.0 Å².